The van der Waals surface area contributed by atoms with Crippen LogP contribution in [-0.4, -0.2) is 40.5 Å². The van der Waals surface area contributed by atoms with E-state index < -0.39 is 10.0 Å². The van der Waals surface area contributed by atoms with Crippen LogP contribution in [-0.2, 0) is 16.6 Å². The molecule has 0 aliphatic rings. The van der Waals surface area contributed by atoms with Crippen molar-refractivity contribution < 1.29 is 12.9 Å². The summed E-state index contributed by atoms with van der Waals surface area (Å²) in [5, 5.41) is 3.84. The molecule has 0 amide bonds. The normalized spacial score (nSPS) is 12.2. The van der Waals surface area contributed by atoms with Crippen molar-refractivity contribution in [2.45, 2.75) is 45.1 Å². The van der Waals surface area contributed by atoms with Gasteiger partial charge in [-0.05, 0) is 6.07 Å². The van der Waals surface area contributed by atoms with E-state index in [2.05, 4.69) is 10.1 Å². The van der Waals surface area contributed by atoms with E-state index in [9.17, 15) is 13.2 Å². The summed E-state index contributed by atoms with van der Waals surface area (Å²) in [4.78, 5) is 16.3. The Morgan fingerprint density at radius 3 is 2.46 bits per heavy atom. The first-order chi connectivity index (χ1) is 11.3. The van der Waals surface area contributed by atoms with Gasteiger partial charge in [0.05, 0.1) is 4.90 Å². The van der Waals surface area contributed by atoms with Crippen molar-refractivity contribution >= 4 is 10.0 Å². The predicted octanol–water partition coefficient (Wildman–Crippen LogP) is 1.43. The minimum atomic E-state index is -3.63. The summed E-state index contributed by atoms with van der Waals surface area (Å²) >= 11 is 0. The van der Waals surface area contributed by atoms with Gasteiger partial charge in [-0.15, -0.1) is 0 Å². The molecule has 0 spiro atoms. The van der Waals surface area contributed by atoms with E-state index in [1.54, 1.807) is 13.8 Å². The molecule has 2 heterocycles. The molecule has 9 heteroatoms. The number of sulfonamides is 1. The minimum absolute atomic E-state index is 0.0279. The highest BCUT2D eigenvalue weighted by molar-refractivity contribution is 7.89. The van der Waals surface area contributed by atoms with Gasteiger partial charge in [-0.2, -0.15) is 9.29 Å². The lowest BCUT2D eigenvalue weighted by Crippen LogP contribution is -2.32. The Kier molecular flexibility index (Phi) is 5.55. The van der Waals surface area contributed by atoms with E-state index in [-0.39, 0.29) is 28.8 Å². The number of aromatic nitrogens is 3. The Morgan fingerprint density at radius 1 is 1.25 bits per heavy atom. The third kappa shape index (κ3) is 3.73. The van der Waals surface area contributed by atoms with Crippen molar-refractivity contribution in [1.29, 1.82) is 0 Å². The van der Waals surface area contributed by atoms with E-state index in [4.69, 9.17) is 4.52 Å². The van der Waals surface area contributed by atoms with Crippen LogP contribution in [0, 0.1) is 0 Å². The van der Waals surface area contributed by atoms with Gasteiger partial charge in [-0.1, -0.05) is 32.9 Å². The van der Waals surface area contributed by atoms with Gasteiger partial charge in [0.15, 0.2) is 5.82 Å². The van der Waals surface area contributed by atoms with Gasteiger partial charge in [-0.3, -0.25) is 4.79 Å². The molecule has 2 aromatic heterocycles. The molecule has 0 atom stereocenters. The summed E-state index contributed by atoms with van der Waals surface area (Å²) in [6.45, 7) is 8.14. The Morgan fingerprint density at radius 2 is 1.92 bits per heavy atom. The second-order valence-corrected chi connectivity index (χ2v) is 7.56. The highest BCUT2D eigenvalue weighted by atomic mass is 32.2. The maximum absolute atomic E-state index is 12.6. The number of rotatable bonds is 7. The van der Waals surface area contributed by atoms with E-state index >= 15 is 0 Å². The van der Waals surface area contributed by atoms with Crippen molar-refractivity contribution in [3.8, 4) is 0 Å². The summed E-state index contributed by atoms with van der Waals surface area (Å²) in [7, 11) is -3.63. The molecule has 0 radical (unpaired) electrons. The first-order valence-corrected chi connectivity index (χ1v) is 9.26. The third-order valence-corrected chi connectivity index (χ3v) is 5.64. The van der Waals surface area contributed by atoms with E-state index in [1.165, 1.54) is 27.2 Å². The molecule has 0 unspecified atom stereocenters. The van der Waals surface area contributed by atoms with Crippen LogP contribution in [0.25, 0.3) is 0 Å². The van der Waals surface area contributed by atoms with Crippen LogP contribution in [0.2, 0.25) is 0 Å². The molecule has 0 aliphatic carbocycles. The SMILES string of the molecule is CCN(CC)S(=O)(=O)c1ccc(=O)n(Cc2nc(C(C)C)no2)c1. The Bertz CT molecular complexity index is 850. The number of hydrogen-bond donors (Lipinski definition) is 0. The fourth-order valence-corrected chi connectivity index (χ4v) is 3.69. The minimum Gasteiger partial charge on any atom is -0.337 e. The van der Waals surface area contributed by atoms with Crippen LogP contribution < -0.4 is 5.56 Å². The molecule has 0 bridgehead atoms. The van der Waals surface area contributed by atoms with Crippen molar-refractivity contribution in [2.24, 2.45) is 0 Å². The van der Waals surface area contributed by atoms with Crippen molar-refractivity contribution in [3.63, 3.8) is 0 Å². The van der Waals surface area contributed by atoms with Crippen LogP contribution in [0.1, 0.15) is 45.3 Å². The summed E-state index contributed by atoms with van der Waals surface area (Å²) < 4.78 is 32.8. The Balaban J connectivity index is 2.36. The maximum Gasteiger partial charge on any atom is 0.251 e. The monoisotopic (exact) mass is 354 g/mol. The lowest BCUT2D eigenvalue weighted by atomic mass is 10.2. The molecule has 24 heavy (non-hydrogen) atoms. The summed E-state index contributed by atoms with van der Waals surface area (Å²) in [6.07, 6.45) is 1.31. The molecule has 2 aromatic rings. The summed E-state index contributed by atoms with van der Waals surface area (Å²) in [6, 6.07) is 2.55. The Labute approximate surface area is 141 Å². The van der Waals surface area contributed by atoms with Gasteiger partial charge in [0, 0.05) is 31.3 Å². The number of hydrogen-bond acceptors (Lipinski definition) is 6. The van der Waals surface area contributed by atoms with Crippen LogP contribution in [0.4, 0.5) is 0 Å². The molecule has 0 saturated heterocycles. The first kappa shape index (κ1) is 18.3. The third-order valence-electron chi connectivity index (χ3n) is 3.61. The fourth-order valence-electron chi connectivity index (χ4n) is 2.21. The van der Waals surface area contributed by atoms with Crippen molar-refractivity contribution in [2.75, 3.05) is 13.1 Å². The lowest BCUT2D eigenvalue weighted by molar-refractivity contribution is 0.362. The van der Waals surface area contributed by atoms with Gasteiger partial charge in [0.25, 0.3) is 5.56 Å². The molecule has 8 nitrogen and oxygen atoms in total. The number of pyridine rings is 1. The fraction of sp³-hybridized carbons (Fsp3) is 0.533. The van der Waals surface area contributed by atoms with Crippen molar-refractivity contribution in [1.82, 2.24) is 19.0 Å². The van der Waals surface area contributed by atoms with Crippen LogP contribution in [0.3, 0.4) is 0 Å². The molecule has 0 aliphatic heterocycles. The topological polar surface area (TPSA) is 98.3 Å². The molecule has 2 rings (SSSR count). The molecule has 0 N–H and O–H groups in total. The highest BCUT2D eigenvalue weighted by Crippen LogP contribution is 2.15. The average Bonchev–Trinajstić information content (AvgIpc) is 2.99. The Hall–Kier alpha value is -2.00. The quantitative estimate of drug-likeness (QED) is 0.746. The second kappa shape index (κ2) is 7.27. The molecule has 0 aromatic carbocycles. The first-order valence-electron chi connectivity index (χ1n) is 7.82. The van der Waals surface area contributed by atoms with Crippen LogP contribution in [0.5, 0.6) is 0 Å². The van der Waals surface area contributed by atoms with Gasteiger partial charge in [0.2, 0.25) is 15.9 Å². The second-order valence-electron chi connectivity index (χ2n) is 5.62. The molecular formula is C15H22N4O4S. The molecule has 0 saturated carbocycles. The van der Waals surface area contributed by atoms with Crippen LogP contribution in [0.15, 0.2) is 32.5 Å². The van der Waals surface area contributed by atoms with Gasteiger partial charge in [-0.25, -0.2) is 8.42 Å². The van der Waals surface area contributed by atoms with E-state index in [1.807, 2.05) is 13.8 Å². The van der Waals surface area contributed by atoms with E-state index in [0.717, 1.165) is 0 Å². The van der Waals surface area contributed by atoms with Crippen molar-refractivity contribution in [3.05, 3.63) is 40.4 Å². The zero-order valence-electron chi connectivity index (χ0n) is 14.3. The zero-order valence-corrected chi connectivity index (χ0v) is 15.1. The highest BCUT2D eigenvalue weighted by Gasteiger charge is 2.22. The molecule has 132 valence electrons. The largest absolute Gasteiger partial charge is 0.337 e. The smallest absolute Gasteiger partial charge is 0.251 e. The summed E-state index contributed by atoms with van der Waals surface area (Å²) in [5.41, 5.74) is -0.335. The number of nitrogens with zero attached hydrogens (tertiary/aromatic N) is 4. The molecule has 0 fully saturated rings. The standard InChI is InChI=1S/C15H22N4O4S/c1-5-19(6-2)24(21,22)12-7-8-14(20)18(9-12)10-13-16-15(11(3)4)17-23-13/h7-9,11H,5-6,10H2,1-4H3. The predicted molar refractivity (Wildman–Crippen MR) is 88.3 cm³/mol. The van der Waals surface area contributed by atoms with Crippen LogP contribution >= 0.6 is 0 Å². The zero-order chi connectivity index (χ0) is 17.9. The lowest BCUT2D eigenvalue weighted by Gasteiger charge is -2.18. The van der Waals surface area contributed by atoms with Gasteiger partial charge >= 0.3 is 0 Å². The average molecular weight is 354 g/mol. The molecular weight excluding hydrogens is 332 g/mol. The van der Waals surface area contributed by atoms with Gasteiger partial charge in [0.1, 0.15) is 6.54 Å². The maximum atomic E-state index is 12.6. The summed E-state index contributed by atoms with van der Waals surface area (Å²) in [5.74, 6) is 0.914. The van der Waals surface area contributed by atoms with Gasteiger partial charge < -0.3 is 9.09 Å². The van der Waals surface area contributed by atoms with E-state index in [0.29, 0.717) is 18.9 Å².